The van der Waals surface area contributed by atoms with Crippen molar-refractivity contribution in [1.29, 1.82) is 0 Å². The maximum Gasteiger partial charge on any atom is 0.494 e. The van der Waals surface area contributed by atoms with Crippen LogP contribution in [0.1, 0.15) is 32.7 Å². The molecule has 0 unspecified atom stereocenters. The van der Waals surface area contributed by atoms with Crippen LogP contribution in [0.4, 0.5) is 26.3 Å². The van der Waals surface area contributed by atoms with Crippen molar-refractivity contribution in [2.24, 2.45) is 0 Å². The first-order valence-corrected chi connectivity index (χ1v) is 11.7. The summed E-state index contributed by atoms with van der Waals surface area (Å²) in [6.07, 6.45) is -13.5. The van der Waals surface area contributed by atoms with Crippen LogP contribution in [-0.2, 0) is 19.0 Å². The Hall–Kier alpha value is -3.58. The Balaban J connectivity index is 1.62. The van der Waals surface area contributed by atoms with Gasteiger partial charge >= 0.3 is 24.5 Å². The molecule has 0 amide bonds. The fourth-order valence-electron chi connectivity index (χ4n) is 3.67. The zero-order valence-corrected chi connectivity index (χ0v) is 21.0. The average molecular weight is 560 g/mol. The van der Waals surface area contributed by atoms with Gasteiger partial charge in [-0.05, 0) is 44.2 Å². The first-order chi connectivity index (χ1) is 18.2. The van der Waals surface area contributed by atoms with Crippen LogP contribution in [-0.4, -0.2) is 47.2 Å². The first-order valence-electron chi connectivity index (χ1n) is 11.7. The zero-order chi connectivity index (χ0) is 28.8. The van der Waals surface area contributed by atoms with E-state index in [2.05, 4.69) is 25.8 Å². The van der Waals surface area contributed by atoms with Crippen LogP contribution in [0.15, 0.2) is 61.4 Å². The van der Waals surface area contributed by atoms with Gasteiger partial charge in [-0.25, -0.2) is 14.3 Å². The molecule has 212 valence electrons. The molecule has 0 aliphatic carbocycles. The Bertz CT molecular complexity index is 1280. The van der Waals surface area contributed by atoms with E-state index in [4.69, 9.17) is 4.74 Å². The Morgan fingerprint density at radius 1 is 1.03 bits per heavy atom. The molecule has 1 aromatic carbocycles. The summed E-state index contributed by atoms with van der Waals surface area (Å²) in [4.78, 5) is 15.0. The van der Waals surface area contributed by atoms with Crippen molar-refractivity contribution < 1.29 is 50.1 Å². The Morgan fingerprint density at radius 3 is 2.28 bits per heavy atom. The fraction of sp³-hybridized carbons (Fsp3) is 0.385. The van der Waals surface area contributed by atoms with Gasteiger partial charge in [-0.2, -0.15) is 17.6 Å². The van der Waals surface area contributed by atoms with Gasteiger partial charge < -0.3 is 14.0 Å². The van der Waals surface area contributed by atoms with Crippen LogP contribution < -0.4 is 4.74 Å². The van der Waals surface area contributed by atoms with E-state index in [0.29, 0.717) is 6.08 Å². The molecule has 0 radical (unpaired) electrons. The quantitative estimate of drug-likeness (QED) is 0.0921. The number of alkyl halides is 6. The predicted octanol–water partition coefficient (Wildman–Crippen LogP) is 6.94. The molecule has 3 aromatic rings. The maximum absolute atomic E-state index is 14.0. The molecule has 3 rings (SSSR count). The molecule has 0 saturated carbocycles. The number of pyridine rings is 1. The molecule has 2 aromatic heterocycles. The standard InChI is InChI=1S/C26H26F6N2O5/c1-4-23(35)37-13-10-25(29,30)39-26(31,32)38-24(27,28)9-12-36-20-8-7-18-14-21(19-6-5-11-33-16-19)34(17(2)3)22(18)15-20/h4-8,11,14-17H,1,9-10,12-13H2,2-3H3. The largest absolute Gasteiger partial charge is 0.494 e. The van der Waals surface area contributed by atoms with Gasteiger partial charge in [0.25, 0.3) is 0 Å². The number of halogens is 6. The predicted molar refractivity (Wildman–Crippen MR) is 128 cm³/mol. The van der Waals surface area contributed by atoms with Crippen LogP contribution in [0.5, 0.6) is 5.75 Å². The number of aromatic nitrogens is 2. The number of fused-ring (bicyclic) bond motifs is 1. The molecule has 0 bridgehead atoms. The summed E-state index contributed by atoms with van der Waals surface area (Å²) < 4.78 is 100. The molecule has 39 heavy (non-hydrogen) atoms. The Morgan fingerprint density at radius 2 is 1.69 bits per heavy atom. The molecule has 0 N–H and O–H groups in total. The Labute approximate surface area is 219 Å². The van der Waals surface area contributed by atoms with E-state index >= 15 is 0 Å². The summed E-state index contributed by atoms with van der Waals surface area (Å²) in [5.41, 5.74) is 2.49. The van der Waals surface area contributed by atoms with Gasteiger partial charge in [-0.3, -0.25) is 4.98 Å². The third-order valence-electron chi connectivity index (χ3n) is 5.29. The van der Waals surface area contributed by atoms with E-state index in [1.54, 1.807) is 30.6 Å². The summed E-state index contributed by atoms with van der Waals surface area (Å²) in [5, 5.41) is 0.848. The topological polar surface area (TPSA) is 71.8 Å². The van der Waals surface area contributed by atoms with Crippen LogP contribution in [0.3, 0.4) is 0 Å². The van der Waals surface area contributed by atoms with Crippen LogP contribution in [0.25, 0.3) is 22.2 Å². The lowest BCUT2D eigenvalue weighted by Crippen LogP contribution is -2.41. The first kappa shape index (κ1) is 30.0. The molecule has 0 fully saturated rings. The highest BCUT2D eigenvalue weighted by Gasteiger charge is 2.52. The minimum Gasteiger partial charge on any atom is -0.493 e. The number of carbonyl (C=O) groups excluding carboxylic acids is 1. The lowest BCUT2D eigenvalue weighted by atomic mass is 10.2. The van der Waals surface area contributed by atoms with Gasteiger partial charge in [0, 0.05) is 41.5 Å². The van der Waals surface area contributed by atoms with Crippen molar-refractivity contribution in [2.45, 2.75) is 51.2 Å². The van der Waals surface area contributed by atoms with E-state index in [9.17, 15) is 31.1 Å². The smallest absolute Gasteiger partial charge is 0.493 e. The summed E-state index contributed by atoms with van der Waals surface area (Å²) in [7, 11) is 0. The van der Waals surface area contributed by atoms with Gasteiger partial charge in [-0.1, -0.05) is 6.58 Å². The SMILES string of the molecule is C=CC(=O)OCCC(F)(F)OC(F)(F)OC(F)(F)CCOc1ccc2cc(-c3cccnc3)n(C(C)C)c2c1. The molecular weight excluding hydrogens is 534 g/mol. The molecule has 2 heterocycles. The molecule has 7 nitrogen and oxygen atoms in total. The third kappa shape index (κ3) is 8.45. The molecule has 0 saturated heterocycles. The number of carbonyl (C=O) groups is 1. The number of benzene rings is 1. The van der Waals surface area contributed by atoms with Crippen molar-refractivity contribution in [1.82, 2.24) is 9.55 Å². The number of nitrogens with zero attached hydrogens (tertiary/aromatic N) is 2. The van der Waals surface area contributed by atoms with Crippen molar-refractivity contribution in [3.8, 4) is 17.0 Å². The van der Waals surface area contributed by atoms with Gasteiger partial charge in [-0.15, -0.1) is 8.78 Å². The maximum atomic E-state index is 14.0. The summed E-state index contributed by atoms with van der Waals surface area (Å²) in [6, 6.07) is 10.5. The molecule has 0 aliphatic heterocycles. The minimum atomic E-state index is -5.35. The normalized spacial score (nSPS) is 12.6. The second-order valence-electron chi connectivity index (χ2n) is 8.62. The van der Waals surface area contributed by atoms with E-state index in [1.165, 1.54) is 6.07 Å². The van der Waals surface area contributed by atoms with Crippen LogP contribution in [0, 0.1) is 0 Å². The van der Waals surface area contributed by atoms with Crippen molar-refractivity contribution in [3.63, 3.8) is 0 Å². The molecule has 0 aliphatic rings. The highest BCUT2D eigenvalue weighted by Crippen LogP contribution is 2.37. The Kier molecular flexibility index (Phi) is 9.28. The number of esters is 1. The lowest BCUT2D eigenvalue weighted by Gasteiger charge is -2.26. The monoisotopic (exact) mass is 560 g/mol. The fourth-order valence-corrected chi connectivity index (χ4v) is 3.67. The number of rotatable bonds is 14. The minimum absolute atomic E-state index is 0.0140. The van der Waals surface area contributed by atoms with Crippen LogP contribution >= 0.6 is 0 Å². The summed E-state index contributed by atoms with van der Waals surface area (Å²) in [6.45, 7) is 5.15. The van der Waals surface area contributed by atoms with Gasteiger partial charge in [0.15, 0.2) is 0 Å². The number of hydrogen-bond acceptors (Lipinski definition) is 6. The highest BCUT2D eigenvalue weighted by molar-refractivity contribution is 5.88. The van der Waals surface area contributed by atoms with Crippen LogP contribution in [0.2, 0.25) is 0 Å². The van der Waals surface area contributed by atoms with Crippen molar-refractivity contribution in [3.05, 3.63) is 61.4 Å². The molecule has 0 spiro atoms. The van der Waals surface area contributed by atoms with Gasteiger partial charge in [0.05, 0.1) is 37.3 Å². The molecule has 13 heteroatoms. The molecule has 0 atom stereocenters. The summed E-state index contributed by atoms with van der Waals surface area (Å²) >= 11 is 0. The van der Waals surface area contributed by atoms with Gasteiger partial charge in [0.1, 0.15) is 5.75 Å². The van der Waals surface area contributed by atoms with E-state index < -0.39 is 50.5 Å². The zero-order valence-electron chi connectivity index (χ0n) is 21.0. The highest BCUT2D eigenvalue weighted by atomic mass is 19.3. The second kappa shape index (κ2) is 12.1. The van der Waals surface area contributed by atoms with E-state index in [0.717, 1.165) is 22.2 Å². The second-order valence-corrected chi connectivity index (χ2v) is 8.62. The van der Waals surface area contributed by atoms with E-state index in [1.807, 2.05) is 30.5 Å². The lowest BCUT2D eigenvalue weighted by molar-refractivity contribution is -0.514. The van der Waals surface area contributed by atoms with E-state index in [-0.39, 0.29) is 11.8 Å². The summed E-state index contributed by atoms with van der Waals surface area (Å²) in [5.74, 6) is -0.898. The number of ether oxygens (including phenoxy) is 4. The van der Waals surface area contributed by atoms with Gasteiger partial charge in [0.2, 0.25) is 0 Å². The average Bonchev–Trinajstić information content (AvgIpc) is 3.22. The van der Waals surface area contributed by atoms with Crippen molar-refractivity contribution >= 4 is 16.9 Å². The van der Waals surface area contributed by atoms with Crippen molar-refractivity contribution in [2.75, 3.05) is 13.2 Å². The number of hydrogen-bond donors (Lipinski definition) is 0. The molecular formula is C26H26F6N2O5. The third-order valence-corrected chi connectivity index (χ3v) is 5.29.